The Labute approximate surface area is 294 Å². The molecule has 4 rings (SSSR count). The van der Waals surface area contributed by atoms with Crippen LogP contribution in [0, 0.1) is 23.7 Å². The fraction of sp³-hybridized carbons (Fsp3) is 0.789. The number of hydrogen-bond donors (Lipinski definition) is 2. The molecule has 11 heteroatoms. The summed E-state index contributed by atoms with van der Waals surface area (Å²) in [6.45, 7) is 20.5. The number of aliphatic carboxylic acids is 1. The Bertz CT molecular complexity index is 1120. The van der Waals surface area contributed by atoms with E-state index in [0.29, 0.717) is 6.54 Å². The summed E-state index contributed by atoms with van der Waals surface area (Å²) in [7, 11) is 2.82. The number of fused-ring (bicyclic) bond motifs is 2. The van der Waals surface area contributed by atoms with Crippen molar-refractivity contribution in [1.82, 2.24) is 10.2 Å². The third-order valence-electron chi connectivity index (χ3n) is 10.1. The van der Waals surface area contributed by atoms with Crippen LogP contribution in [0.1, 0.15) is 106 Å². The highest BCUT2D eigenvalue weighted by Gasteiger charge is 2.56. The number of likely N-dealkylation sites (tertiary alicyclic amines) is 1. The van der Waals surface area contributed by atoms with Gasteiger partial charge in [-0.05, 0) is 79.1 Å². The number of rotatable bonds is 14. The highest BCUT2D eigenvalue weighted by molar-refractivity contribution is 5.87. The van der Waals surface area contributed by atoms with Crippen LogP contribution >= 0.6 is 0 Å². The fourth-order valence-corrected chi connectivity index (χ4v) is 7.48. The van der Waals surface area contributed by atoms with E-state index in [0.717, 1.165) is 70.8 Å². The number of methoxy groups -OCH3 is 2. The van der Waals surface area contributed by atoms with Crippen LogP contribution in [0.2, 0.25) is 0 Å². The lowest BCUT2D eigenvalue weighted by molar-refractivity contribution is -0.154. The lowest BCUT2D eigenvalue weighted by Gasteiger charge is -2.30. The molecule has 8 atom stereocenters. The van der Waals surface area contributed by atoms with Crippen molar-refractivity contribution < 1.29 is 43.2 Å². The van der Waals surface area contributed by atoms with Crippen LogP contribution in [-0.2, 0) is 38.1 Å². The summed E-state index contributed by atoms with van der Waals surface area (Å²) in [6.07, 6.45) is 13.2. The van der Waals surface area contributed by atoms with Crippen LogP contribution in [0.3, 0.4) is 0 Å². The van der Waals surface area contributed by atoms with Crippen LogP contribution in [0.4, 0.5) is 0 Å². The van der Waals surface area contributed by atoms with E-state index in [1.54, 1.807) is 11.8 Å². The molecule has 4 fully saturated rings. The average molecular weight is 693 g/mol. The number of ether oxygens (including phenoxy) is 4. The van der Waals surface area contributed by atoms with E-state index >= 15 is 0 Å². The van der Waals surface area contributed by atoms with Gasteiger partial charge in [0.1, 0.15) is 12.1 Å². The summed E-state index contributed by atoms with van der Waals surface area (Å²) in [5.74, 6) is -1.12. The maximum Gasteiger partial charge on any atom is 0.328 e. The van der Waals surface area contributed by atoms with Gasteiger partial charge in [-0.2, -0.15) is 0 Å². The number of carbonyl (C=O) groups excluding carboxylic acids is 3. The molecule has 280 valence electrons. The smallest absolute Gasteiger partial charge is 0.328 e. The molecule has 4 saturated heterocycles. The Hall–Kier alpha value is -2.76. The molecule has 0 bridgehead atoms. The molecule has 0 aliphatic carbocycles. The molecule has 0 radical (unpaired) electrons. The molecule has 0 aromatic rings. The molecule has 0 spiro atoms. The van der Waals surface area contributed by atoms with Gasteiger partial charge in [0.2, 0.25) is 5.91 Å². The number of hydrogen-bond acceptors (Lipinski definition) is 9. The number of nitrogens with zero attached hydrogens (tertiary/aromatic N) is 1. The Balaban J connectivity index is 0.000000282. The van der Waals surface area contributed by atoms with Gasteiger partial charge in [0.05, 0.1) is 43.5 Å². The molecule has 2 N–H and O–H groups in total. The molecule has 1 amide bonds. The molecule has 0 aromatic heterocycles. The van der Waals surface area contributed by atoms with Gasteiger partial charge in [-0.15, -0.1) is 13.2 Å². The van der Waals surface area contributed by atoms with E-state index in [4.69, 9.17) is 24.1 Å². The Kier molecular flexibility index (Phi) is 16.9. The fourth-order valence-electron chi connectivity index (χ4n) is 7.48. The minimum Gasteiger partial charge on any atom is -0.481 e. The zero-order valence-electron chi connectivity index (χ0n) is 31.3. The van der Waals surface area contributed by atoms with Crippen molar-refractivity contribution in [2.75, 3.05) is 27.3 Å². The van der Waals surface area contributed by atoms with E-state index in [2.05, 4.69) is 32.3 Å². The van der Waals surface area contributed by atoms with Gasteiger partial charge >= 0.3 is 17.9 Å². The lowest BCUT2D eigenvalue weighted by Crippen LogP contribution is -2.46. The number of esters is 2. The van der Waals surface area contributed by atoms with Gasteiger partial charge in [-0.25, -0.2) is 4.79 Å². The van der Waals surface area contributed by atoms with Gasteiger partial charge < -0.3 is 34.3 Å². The maximum absolute atomic E-state index is 12.9. The summed E-state index contributed by atoms with van der Waals surface area (Å²) < 4.78 is 21.6. The van der Waals surface area contributed by atoms with E-state index in [9.17, 15) is 19.2 Å². The number of carboxylic acids is 1. The lowest BCUT2D eigenvalue weighted by atomic mass is 9.90. The van der Waals surface area contributed by atoms with Crippen molar-refractivity contribution >= 4 is 23.8 Å². The Morgan fingerprint density at radius 1 is 0.837 bits per heavy atom. The Morgan fingerprint density at radius 2 is 1.35 bits per heavy atom. The first-order valence-corrected chi connectivity index (χ1v) is 18.0. The standard InChI is InChI=1S/C19H31NO4.C10H17NO3.C9H16O2/c1-6-7-8-9-10-13(2)17(21)20-12-15-14(11-19(3,4)24-15)16(20)18(22)23-5;1-10(2)4-6-7(14-10)5-11-8(6)9(12)13-3;1-3-4-5-6-7-8(2)9(10)11/h6,13-16H,1,7-12H2,2-5H3;6-8,11H,4-5H2,1-3H3;3,8H,1,4-7H2,2H3,(H,10,11)/t13?,14-,15?,16-;6-,7?,8-;/m00./s1. The average Bonchev–Trinajstić information content (AvgIpc) is 3.76. The molecule has 49 heavy (non-hydrogen) atoms. The quantitative estimate of drug-likeness (QED) is 0.132. The van der Waals surface area contributed by atoms with Crippen LogP contribution in [0.15, 0.2) is 25.3 Å². The first-order valence-electron chi connectivity index (χ1n) is 18.0. The summed E-state index contributed by atoms with van der Waals surface area (Å²) in [4.78, 5) is 48.7. The van der Waals surface area contributed by atoms with Gasteiger partial charge in [0, 0.05) is 30.8 Å². The van der Waals surface area contributed by atoms with Crippen LogP contribution in [0.5, 0.6) is 0 Å². The van der Waals surface area contributed by atoms with Crippen molar-refractivity contribution in [2.45, 2.75) is 141 Å². The molecule has 11 nitrogen and oxygen atoms in total. The second kappa shape index (κ2) is 19.6. The zero-order valence-corrected chi connectivity index (χ0v) is 31.3. The van der Waals surface area contributed by atoms with Crippen molar-refractivity contribution in [3.05, 3.63) is 25.3 Å². The predicted octanol–water partition coefficient (Wildman–Crippen LogP) is 5.70. The molecule has 0 saturated carbocycles. The summed E-state index contributed by atoms with van der Waals surface area (Å²) in [5.41, 5.74) is -0.337. The van der Waals surface area contributed by atoms with Crippen LogP contribution in [-0.4, -0.2) is 96.6 Å². The first-order chi connectivity index (χ1) is 23.0. The minimum atomic E-state index is -0.691. The second-order valence-electron chi connectivity index (χ2n) is 15.2. The summed E-state index contributed by atoms with van der Waals surface area (Å²) in [5, 5.41) is 11.7. The Morgan fingerprint density at radius 3 is 1.86 bits per heavy atom. The minimum absolute atomic E-state index is 0.0318. The number of unbranched alkanes of at least 4 members (excludes halogenated alkanes) is 4. The van der Waals surface area contributed by atoms with Gasteiger partial charge in [-0.1, -0.05) is 38.8 Å². The van der Waals surface area contributed by atoms with E-state index in [1.807, 2.05) is 32.9 Å². The summed E-state index contributed by atoms with van der Waals surface area (Å²) >= 11 is 0. The molecular formula is C38H64N2O9. The molecule has 4 unspecified atom stereocenters. The molecule has 4 heterocycles. The van der Waals surface area contributed by atoms with Gasteiger partial charge in [-0.3, -0.25) is 14.4 Å². The SMILES string of the molecule is C=CCCCCC(C)C(=O)N1CC2OC(C)(C)C[C@@H]2[C@H]1C(=O)OC.C=CCCCCC(C)C(=O)O.COC(=O)[C@H]1NCC2OC(C)(C)C[C@@H]21. The van der Waals surface area contributed by atoms with Crippen molar-refractivity contribution in [2.24, 2.45) is 23.7 Å². The first kappa shape index (κ1) is 42.4. The predicted molar refractivity (Wildman–Crippen MR) is 189 cm³/mol. The van der Waals surface area contributed by atoms with Crippen LogP contribution in [0.25, 0.3) is 0 Å². The maximum atomic E-state index is 12.9. The monoisotopic (exact) mass is 692 g/mol. The van der Waals surface area contributed by atoms with Crippen LogP contribution < -0.4 is 5.32 Å². The number of carboxylic acid groups (broad SMARTS) is 1. The number of nitrogens with one attached hydrogen (secondary N) is 1. The zero-order chi connectivity index (χ0) is 36.9. The second-order valence-corrected chi connectivity index (χ2v) is 15.2. The van der Waals surface area contributed by atoms with E-state index < -0.39 is 12.0 Å². The van der Waals surface area contributed by atoms with Crippen molar-refractivity contribution in [3.63, 3.8) is 0 Å². The topological polar surface area (TPSA) is 141 Å². The highest BCUT2D eigenvalue weighted by Crippen LogP contribution is 2.44. The third kappa shape index (κ3) is 12.5. The third-order valence-corrected chi connectivity index (χ3v) is 10.1. The van der Waals surface area contributed by atoms with E-state index in [-0.39, 0.29) is 71.0 Å². The van der Waals surface area contributed by atoms with Gasteiger partial charge in [0.15, 0.2) is 0 Å². The molecule has 0 aromatic carbocycles. The molecule has 4 aliphatic rings. The van der Waals surface area contributed by atoms with E-state index in [1.165, 1.54) is 14.2 Å². The molecule has 4 aliphatic heterocycles. The largest absolute Gasteiger partial charge is 0.481 e. The summed E-state index contributed by atoms with van der Waals surface area (Å²) in [6, 6.07) is -0.684. The van der Waals surface area contributed by atoms with Gasteiger partial charge in [0.25, 0.3) is 0 Å². The van der Waals surface area contributed by atoms with Crippen molar-refractivity contribution in [3.8, 4) is 0 Å². The number of allylic oxidation sites excluding steroid dienone is 2. The normalized spacial score (nSPS) is 28.4. The van der Waals surface area contributed by atoms with Crippen molar-refractivity contribution in [1.29, 1.82) is 0 Å². The molecular weight excluding hydrogens is 628 g/mol. The highest BCUT2D eigenvalue weighted by atomic mass is 16.5. The number of amides is 1. The number of carbonyl (C=O) groups is 4.